The Labute approximate surface area is 152 Å². The first kappa shape index (κ1) is 16.9. The first-order chi connectivity index (χ1) is 12.6. The highest BCUT2D eigenvalue weighted by atomic mass is 16.3. The first-order valence-electron chi connectivity index (χ1n) is 9.28. The van der Waals surface area contributed by atoms with Crippen LogP contribution < -0.4 is 5.32 Å². The van der Waals surface area contributed by atoms with Gasteiger partial charge in [0.15, 0.2) is 5.76 Å². The van der Waals surface area contributed by atoms with Gasteiger partial charge in [-0.25, -0.2) is 0 Å². The van der Waals surface area contributed by atoms with E-state index >= 15 is 0 Å². The van der Waals surface area contributed by atoms with Crippen LogP contribution in [0.25, 0.3) is 0 Å². The molecule has 3 heterocycles. The van der Waals surface area contributed by atoms with Crippen LogP contribution in [-0.2, 0) is 24.4 Å². The van der Waals surface area contributed by atoms with E-state index in [0.717, 1.165) is 42.6 Å². The van der Waals surface area contributed by atoms with Gasteiger partial charge in [-0.3, -0.25) is 14.3 Å². The molecule has 0 aromatic carbocycles. The molecular weight excluding hydrogens is 332 g/mol. The summed E-state index contributed by atoms with van der Waals surface area (Å²) in [6, 6.07) is 3.77. The van der Waals surface area contributed by atoms with Crippen LogP contribution in [0.15, 0.2) is 22.8 Å². The molecule has 2 aliphatic rings. The van der Waals surface area contributed by atoms with Crippen molar-refractivity contribution in [2.75, 3.05) is 6.54 Å². The Morgan fingerprint density at radius 1 is 1.31 bits per heavy atom. The molecule has 4 rings (SSSR count). The normalized spacial score (nSPS) is 17.3. The lowest BCUT2D eigenvalue weighted by Crippen LogP contribution is -2.38. The van der Waals surface area contributed by atoms with Gasteiger partial charge in [0.05, 0.1) is 37.3 Å². The van der Waals surface area contributed by atoms with Crippen LogP contribution in [-0.4, -0.2) is 33.0 Å². The summed E-state index contributed by atoms with van der Waals surface area (Å²) >= 11 is 0. The quantitative estimate of drug-likeness (QED) is 0.911. The Morgan fingerprint density at radius 3 is 2.85 bits per heavy atom. The number of hydrogen-bond donors (Lipinski definition) is 1. The van der Waals surface area contributed by atoms with Crippen LogP contribution in [0.2, 0.25) is 0 Å². The van der Waals surface area contributed by atoms with E-state index in [2.05, 4.69) is 10.4 Å². The molecule has 0 radical (unpaired) electrons. The Kier molecular flexibility index (Phi) is 4.53. The minimum atomic E-state index is -0.0870. The average molecular weight is 356 g/mol. The van der Waals surface area contributed by atoms with E-state index in [-0.39, 0.29) is 17.7 Å². The topological polar surface area (TPSA) is 80.4 Å². The number of fused-ring (bicyclic) bond motifs is 1. The highest BCUT2D eigenvalue weighted by Crippen LogP contribution is 2.25. The van der Waals surface area contributed by atoms with Gasteiger partial charge in [0, 0.05) is 18.0 Å². The molecule has 1 saturated carbocycles. The minimum Gasteiger partial charge on any atom is -0.459 e. The molecule has 2 amide bonds. The number of aromatic nitrogens is 2. The number of rotatable bonds is 4. The molecular formula is C19H24N4O3. The van der Waals surface area contributed by atoms with Crippen molar-refractivity contribution in [3.05, 3.63) is 41.1 Å². The van der Waals surface area contributed by atoms with E-state index in [1.54, 1.807) is 17.2 Å². The van der Waals surface area contributed by atoms with Crippen LogP contribution in [0, 0.1) is 12.8 Å². The van der Waals surface area contributed by atoms with Gasteiger partial charge in [0.2, 0.25) is 5.91 Å². The maximum Gasteiger partial charge on any atom is 0.290 e. The standard InChI is InChI=1S/C19H24N4O3/c1-13-6-9-26-17(13)19(25)22-7-8-23-16(12-22)10-15(21-23)11-20-18(24)14-4-2-3-5-14/h6,9-10,14H,2-5,7-8,11-12H2,1H3,(H,20,24). The monoisotopic (exact) mass is 356 g/mol. The van der Waals surface area contributed by atoms with Crippen molar-refractivity contribution in [2.45, 2.75) is 52.2 Å². The van der Waals surface area contributed by atoms with Gasteiger partial charge in [-0.1, -0.05) is 12.8 Å². The van der Waals surface area contributed by atoms with E-state index in [1.165, 1.54) is 0 Å². The number of nitrogens with zero attached hydrogens (tertiary/aromatic N) is 3. The molecule has 26 heavy (non-hydrogen) atoms. The largest absolute Gasteiger partial charge is 0.459 e. The highest BCUT2D eigenvalue weighted by molar-refractivity contribution is 5.92. The Morgan fingerprint density at radius 2 is 2.12 bits per heavy atom. The van der Waals surface area contributed by atoms with Gasteiger partial charge in [-0.2, -0.15) is 5.10 Å². The number of nitrogens with one attached hydrogen (secondary N) is 1. The summed E-state index contributed by atoms with van der Waals surface area (Å²) in [5.41, 5.74) is 2.68. The Bertz CT molecular complexity index is 817. The van der Waals surface area contributed by atoms with Gasteiger partial charge in [0.1, 0.15) is 0 Å². The molecule has 7 heteroatoms. The molecule has 1 aliphatic heterocycles. The van der Waals surface area contributed by atoms with Crippen molar-refractivity contribution in [3.63, 3.8) is 0 Å². The zero-order valence-corrected chi connectivity index (χ0v) is 15.0. The van der Waals surface area contributed by atoms with Crippen molar-refractivity contribution in [1.82, 2.24) is 20.0 Å². The average Bonchev–Trinajstić information content (AvgIpc) is 3.38. The van der Waals surface area contributed by atoms with E-state index in [1.807, 2.05) is 17.7 Å². The summed E-state index contributed by atoms with van der Waals surface area (Å²) in [5, 5.41) is 7.57. The summed E-state index contributed by atoms with van der Waals surface area (Å²) in [6.45, 7) is 4.07. The molecule has 138 valence electrons. The second-order valence-corrected chi connectivity index (χ2v) is 7.21. The van der Waals surface area contributed by atoms with E-state index in [4.69, 9.17) is 4.42 Å². The van der Waals surface area contributed by atoms with Crippen molar-refractivity contribution in [3.8, 4) is 0 Å². The maximum atomic E-state index is 12.6. The van der Waals surface area contributed by atoms with Gasteiger partial charge < -0.3 is 14.6 Å². The molecule has 2 aromatic heterocycles. The summed E-state index contributed by atoms with van der Waals surface area (Å²) < 4.78 is 7.25. The SMILES string of the molecule is Cc1ccoc1C(=O)N1CCn2nc(CNC(=O)C3CCCC3)cc2C1. The van der Waals surface area contributed by atoms with Gasteiger partial charge in [-0.15, -0.1) is 0 Å². The van der Waals surface area contributed by atoms with Crippen molar-refractivity contribution in [2.24, 2.45) is 5.92 Å². The van der Waals surface area contributed by atoms with Crippen LogP contribution in [0.1, 0.15) is 53.2 Å². The lowest BCUT2D eigenvalue weighted by Gasteiger charge is -2.27. The third-order valence-electron chi connectivity index (χ3n) is 5.36. The highest BCUT2D eigenvalue weighted by Gasteiger charge is 2.26. The van der Waals surface area contributed by atoms with Crippen LogP contribution in [0.5, 0.6) is 0 Å². The lowest BCUT2D eigenvalue weighted by molar-refractivity contribution is -0.125. The van der Waals surface area contributed by atoms with Crippen LogP contribution in [0.3, 0.4) is 0 Å². The fraction of sp³-hybridized carbons (Fsp3) is 0.526. The molecule has 1 fully saturated rings. The first-order valence-corrected chi connectivity index (χ1v) is 9.28. The molecule has 0 saturated heterocycles. The molecule has 2 aromatic rings. The van der Waals surface area contributed by atoms with E-state index in [0.29, 0.717) is 31.9 Å². The summed E-state index contributed by atoms with van der Waals surface area (Å²) in [5.74, 6) is 0.619. The van der Waals surface area contributed by atoms with Gasteiger partial charge in [0.25, 0.3) is 5.91 Å². The van der Waals surface area contributed by atoms with Gasteiger partial charge in [-0.05, 0) is 31.9 Å². The number of amides is 2. The number of hydrogen-bond acceptors (Lipinski definition) is 4. The number of furan rings is 1. The Balaban J connectivity index is 1.38. The number of carbonyl (C=O) groups is 2. The smallest absolute Gasteiger partial charge is 0.290 e. The summed E-state index contributed by atoms with van der Waals surface area (Å²) in [6.07, 6.45) is 5.83. The van der Waals surface area contributed by atoms with E-state index in [9.17, 15) is 9.59 Å². The number of carbonyl (C=O) groups excluding carboxylic acids is 2. The Hall–Kier alpha value is -2.57. The molecule has 0 spiro atoms. The van der Waals surface area contributed by atoms with Crippen LogP contribution in [0.4, 0.5) is 0 Å². The molecule has 7 nitrogen and oxygen atoms in total. The maximum absolute atomic E-state index is 12.6. The predicted octanol–water partition coefficient (Wildman–Crippen LogP) is 2.25. The lowest BCUT2D eigenvalue weighted by atomic mass is 10.1. The zero-order chi connectivity index (χ0) is 18.1. The van der Waals surface area contributed by atoms with Crippen molar-refractivity contribution in [1.29, 1.82) is 0 Å². The second kappa shape index (κ2) is 6.97. The second-order valence-electron chi connectivity index (χ2n) is 7.21. The zero-order valence-electron chi connectivity index (χ0n) is 15.0. The van der Waals surface area contributed by atoms with Crippen molar-refractivity contribution >= 4 is 11.8 Å². The fourth-order valence-corrected chi connectivity index (χ4v) is 3.83. The summed E-state index contributed by atoms with van der Waals surface area (Å²) in [7, 11) is 0. The molecule has 0 unspecified atom stereocenters. The minimum absolute atomic E-state index is 0.0870. The molecule has 1 aliphatic carbocycles. The molecule has 0 bridgehead atoms. The van der Waals surface area contributed by atoms with Crippen LogP contribution >= 0.6 is 0 Å². The fourth-order valence-electron chi connectivity index (χ4n) is 3.83. The number of aryl methyl sites for hydroxylation is 1. The predicted molar refractivity (Wildman–Crippen MR) is 94.2 cm³/mol. The van der Waals surface area contributed by atoms with E-state index < -0.39 is 0 Å². The molecule has 1 N–H and O–H groups in total. The third kappa shape index (κ3) is 3.25. The molecule has 0 atom stereocenters. The van der Waals surface area contributed by atoms with Gasteiger partial charge >= 0.3 is 0 Å². The third-order valence-corrected chi connectivity index (χ3v) is 5.36. The van der Waals surface area contributed by atoms with Crippen molar-refractivity contribution < 1.29 is 14.0 Å². The summed E-state index contributed by atoms with van der Waals surface area (Å²) in [4.78, 5) is 26.5.